The second-order valence-corrected chi connectivity index (χ2v) is 45.5. The number of hydrogen-bond donors (Lipinski definition) is 6. The molecule has 6 N–H and O–H groups in total. The summed E-state index contributed by atoms with van der Waals surface area (Å²) in [6.45, 7) is 7.58. The monoisotopic (exact) mass is 1880 g/mol. The lowest BCUT2D eigenvalue weighted by atomic mass is 9.81. The van der Waals surface area contributed by atoms with Crippen molar-refractivity contribution in [1.29, 1.82) is 0 Å². The minimum Gasteiger partial charge on any atom is -0.393 e. The molecule has 0 aliphatic heterocycles. The largest absolute Gasteiger partial charge is 0.393 e. The molecule has 5 aliphatic rings. The van der Waals surface area contributed by atoms with E-state index in [-0.39, 0.29) is 107 Å². The Kier molecular flexibility index (Phi) is 33.8. The van der Waals surface area contributed by atoms with Crippen LogP contribution in [0.3, 0.4) is 0 Å². The van der Waals surface area contributed by atoms with Crippen molar-refractivity contribution in [3.05, 3.63) is 262 Å². The van der Waals surface area contributed by atoms with E-state index in [0.717, 1.165) is 47.7 Å². The number of aromatic nitrogens is 1. The van der Waals surface area contributed by atoms with Gasteiger partial charge >= 0.3 is 0 Å². The van der Waals surface area contributed by atoms with E-state index in [1.807, 2.05) is 13.0 Å². The van der Waals surface area contributed by atoms with Crippen LogP contribution < -0.4 is 4.72 Å². The highest BCUT2D eigenvalue weighted by Gasteiger charge is 2.35. The molecule has 5 fully saturated rings. The number of aryl methyl sites for hydroxylation is 2. The van der Waals surface area contributed by atoms with Gasteiger partial charge in [0.15, 0.2) is 39.3 Å². The zero-order valence-electron chi connectivity index (χ0n) is 71.0. The first-order valence-corrected chi connectivity index (χ1v) is 51.4. The summed E-state index contributed by atoms with van der Waals surface area (Å²) in [5.41, 5.74) is 6.40. The Bertz CT molecular complexity index is 5710. The van der Waals surface area contributed by atoms with Gasteiger partial charge in [-0.3, -0.25) is 4.98 Å². The second kappa shape index (κ2) is 43.2. The normalized spacial score (nSPS) is 22.3. The van der Waals surface area contributed by atoms with Crippen molar-refractivity contribution < 1.29 is 94.0 Å². The number of nitrogens with zero attached hydrogens (tertiary/aromatic N) is 1. The van der Waals surface area contributed by atoms with Gasteiger partial charge in [0.2, 0.25) is 10.0 Å². The summed E-state index contributed by atoms with van der Waals surface area (Å²) in [7, 11) is -17.2. The van der Waals surface area contributed by atoms with E-state index in [9.17, 15) is 94.0 Å². The molecule has 0 radical (unpaired) electrons. The molecule has 0 spiro atoms. The summed E-state index contributed by atoms with van der Waals surface area (Å²) in [5, 5.41) is 49.4. The van der Waals surface area contributed by atoms with Gasteiger partial charge in [-0.1, -0.05) is 108 Å². The number of nitrogens with one attached hydrogen (secondary N) is 1. The first kappa shape index (κ1) is 99.4. The van der Waals surface area contributed by atoms with Gasteiger partial charge in [-0.15, -0.1) is 0 Å². The SMILES string of the molecule is CC1(O)CCC(CS(=O)(=O)c2ccc(-c3ccc(F)cc3F)cc2)CC1.CC1(O)CCC(CS(=O)(=O)c2ccc(-c3ccc(F)cc3F)cc2)CC1.Cc1ccc(-c2ccc(S(=O)(=O)CC3CCC(O)CC3)cc2C)cc1.O=S(=O)(CC1CCC(O)CC1)c1ccc(-c2ccc(F)cc2F)cc1.O=S(=O)(NC1CCC(O)CC1)c1ccc(-c2ncc(Cl)cc2Cl)cc1. The number of aliphatic hydroxyl groups excluding tert-OH is 3. The van der Waals surface area contributed by atoms with E-state index in [1.54, 1.807) is 44.2 Å². The zero-order valence-corrected chi connectivity index (χ0v) is 76.6. The van der Waals surface area contributed by atoms with Crippen LogP contribution in [0.4, 0.5) is 26.3 Å². The fourth-order valence-corrected chi connectivity index (χ4v) is 25.3. The summed E-state index contributed by atoms with van der Waals surface area (Å²) in [5.74, 6) is -3.39. The molecule has 0 bridgehead atoms. The van der Waals surface area contributed by atoms with Crippen molar-refractivity contribution in [2.24, 2.45) is 23.7 Å². The smallest absolute Gasteiger partial charge is 0.240 e. The number of sulfone groups is 4. The van der Waals surface area contributed by atoms with Crippen molar-refractivity contribution in [3.8, 4) is 55.8 Å². The highest BCUT2D eigenvalue weighted by atomic mass is 35.5. The lowest BCUT2D eigenvalue weighted by molar-refractivity contribution is 0.0104. The van der Waals surface area contributed by atoms with Crippen molar-refractivity contribution in [3.63, 3.8) is 0 Å². The third-order valence-electron chi connectivity index (χ3n) is 24.4. The summed E-state index contributed by atoms with van der Waals surface area (Å²) >= 11 is 12.0. The van der Waals surface area contributed by atoms with Gasteiger partial charge in [-0.25, -0.2) is 73.2 Å². The maximum absolute atomic E-state index is 13.9. The number of benzene rings is 9. The molecule has 1 aromatic heterocycles. The Morgan fingerprint density at radius 2 is 0.646 bits per heavy atom. The highest BCUT2D eigenvalue weighted by Crippen LogP contribution is 2.39. The van der Waals surface area contributed by atoms with E-state index >= 15 is 0 Å². The molecule has 0 unspecified atom stereocenters. The number of pyridine rings is 1. The molecule has 0 amide bonds. The molecule has 0 atom stereocenters. The van der Waals surface area contributed by atoms with E-state index in [0.29, 0.717) is 158 Å². The number of rotatable bonds is 20. The Morgan fingerprint density at radius 1 is 0.354 bits per heavy atom. The molecule has 5 saturated carbocycles. The van der Waals surface area contributed by atoms with Crippen LogP contribution in [0, 0.1) is 72.4 Å². The molecule has 1 heterocycles. The fourth-order valence-electron chi connectivity index (χ4n) is 16.7. The van der Waals surface area contributed by atoms with Crippen LogP contribution in [0.2, 0.25) is 10.0 Å². The number of sulfonamides is 1. The molecular weight excluding hydrogens is 1780 g/mol. The minimum absolute atomic E-state index is 0.0365. The molecule has 30 heteroatoms. The molecule has 0 saturated heterocycles. The quantitative estimate of drug-likeness (QED) is 0.0387. The molecule has 15 rings (SSSR count). The lowest BCUT2D eigenvalue weighted by Gasteiger charge is -2.32. The topological polar surface area (TPSA) is 297 Å². The minimum atomic E-state index is -3.60. The van der Waals surface area contributed by atoms with Crippen molar-refractivity contribution in [1.82, 2.24) is 9.71 Å². The summed E-state index contributed by atoms with van der Waals surface area (Å²) < 4.78 is 210. The summed E-state index contributed by atoms with van der Waals surface area (Å²) in [6.07, 6.45) is 14.0. The first-order chi connectivity index (χ1) is 59.9. The van der Waals surface area contributed by atoms with Crippen molar-refractivity contribution in [2.45, 2.75) is 216 Å². The average Bonchev–Trinajstić information content (AvgIpc) is 0.826. The maximum atomic E-state index is 13.9. The first-order valence-electron chi connectivity index (χ1n) is 42.6. The number of hydrogen-bond acceptors (Lipinski definition) is 16. The third kappa shape index (κ3) is 28.4. The van der Waals surface area contributed by atoms with Gasteiger partial charge in [0.1, 0.15) is 34.9 Å². The predicted octanol–water partition coefficient (Wildman–Crippen LogP) is 20.6. The van der Waals surface area contributed by atoms with Gasteiger partial charge < -0.3 is 25.5 Å². The third-order valence-corrected chi connectivity index (χ3v) is 34.0. The summed E-state index contributed by atoms with van der Waals surface area (Å²) in [6, 6.07) is 49.5. The fraction of sp³-hybridized carbons (Fsp3) is 0.392. The Hall–Kier alpha value is -8.20. The van der Waals surface area contributed by atoms with Crippen LogP contribution in [0.1, 0.15) is 153 Å². The molecule has 17 nitrogen and oxygen atoms in total. The Labute approximate surface area is 751 Å². The van der Waals surface area contributed by atoms with Gasteiger partial charge in [0, 0.05) is 52.7 Å². The lowest BCUT2D eigenvalue weighted by Crippen LogP contribution is -2.38. The van der Waals surface area contributed by atoms with Crippen LogP contribution in [0.15, 0.2) is 231 Å². The van der Waals surface area contributed by atoms with Crippen LogP contribution in [0.5, 0.6) is 0 Å². The maximum Gasteiger partial charge on any atom is 0.240 e. The standard InChI is InChI=1S/C21H26O3S.2C20H22F2O3S.C19H20F2O3S.C17H18Cl2N2O3S/c1-15-3-7-18(8-4-15)21-12-11-20(13-16(21)2)25(23,24)14-17-5-9-19(22)10-6-17;2*1-20(23)10-8-14(9-11-20)13-26(24,25)17-5-2-15(3-6-17)18-7-4-16(21)12-19(18)22;20-15-5-10-18(19(21)11-15)14-3-8-17(9-4-14)25(23,24)12-13-1-6-16(22)7-2-13;18-12-9-16(19)17(20-10-12)11-1-7-15(8-2-11)25(23,24)21-13-3-5-14(22)6-4-13/h3-4,7-8,11-13,17,19,22H,5-6,9-10,14H2,1-2H3;2*2-7,12,14,23H,8-11,13H2,1H3;3-5,8-11,13,16,22H,1-2,6-7,12H2;1-2,7-10,13-14,21-22H,3-6H2. The van der Waals surface area contributed by atoms with Gasteiger partial charge in [0.05, 0.1) is 92.7 Å². The Balaban J connectivity index is 0.000000154. The van der Waals surface area contributed by atoms with Crippen molar-refractivity contribution >= 4 is 72.6 Å². The predicted molar refractivity (Wildman–Crippen MR) is 484 cm³/mol. The van der Waals surface area contributed by atoms with Crippen LogP contribution in [-0.2, 0) is 49.4 Å². The molecule has 10 aromatic rings. The van der Waals surface area contributed by atoms with Crippen LogP contribution in [-0.4, -0.2) is 131 Å². The van der Waals surface area contributed by atoms with Gasteiger partial charge in [-0.2, -0.15) is 0 Å². The van der Waals surface area contributed by atoms with Gasteiger partial charge in [-0.05, 0) is 316 Å². The second-order valence-electron chi connectivity index (χ2n) is 34.8. The zero-order chi connectivity index (χ0) is 92.0. The Morgan fingerprint density at radius 3 is 0.984 bits per heavy atom. The van der Waals surface area contributed by atoms with Crippen molar-refractivity contribution in [2.75, 3.05) is 23.0 Å². The molecular formula is C97H108Cl2F6N2O15S5. The molecule has 9 aromatic carbocycles. The van der Waals surface area contributed by atoms with Crippen LogP contribution >= 0.6 is 23.2 Å². The summed E-state index contributed by atoms with van der Waals surface area (Å²) in [4.78, 5) is 5.37. The van der Waals surface area contributed by atoms with Gasteiger partial charge in [0.25, 0.3) is 0 Å². The highest BCUT2D eigenvalue weighted by molar-refractivity contribution is 7.92. The molecule has 5 aliphatic carbocycles. The van der Waals surface area contributed by atoms with E-state index in [1.165, 1.54) is 133 Å². The van der Waals surface area contributed by atoms with E-state index < -0.39 is 95.5 Å². The van der Waals surface area contributed by atoms with Crippen LogP contribution in [0.25, 0.3) is 55.8 Å². The van der Waals surface area contributed by atoms with E-state index in [4.69, 9.17) is 23.2 Å². The molecule has 682 valence electrons. The number of aliphatic hydroxyl groups is 5. The average molecular weight is 1890 g/mol. The number of halogens is 8. The van der Waals surface area contributed by atoms with E-state index in [2.05, 4.69) is 40.9 Å². The molecule has 127 heavy (non-hydrogen) atoms.